The lowest BCUT2D eigenvalue weighted by Gasteiger charge is -2.21. The van der Waals surface area contributed by atoms with Gasteiger partial charge in [-0.1, -0.05) is 11.6 Å². The Morgan fingerprint density at radius 3 is 2.46 bits per heavy atom. The molecule has 0 saturated carbocycles. The summed E-state index contributed by atoms with van der Waals surface area (Å²) >= 11 is 5.92. The Bertz CT molecular complexity index is 750. The van der Waals surface area contributed by atoms with Gasteiger partial charge in [-0.15, -0.1) is 0 Å². The fourth-order valence-electron chi connectivity index (χ4n) is 2.12. The molecule has 0 spiro atoms. The summed E-state index contributed by atoms with van der Waals surface area (Å²) in [6.45, 7) is 1.10. The summed E-state index contributed by atoms with van der Waals surface area (Å²) < 4.78 is 18.2. The maximum atomic E-state index is 13.0. The predicted molar refractivity (Wildman–Crippen MR) is 91.1 cm³/mol. The number of amides is 2. The fraction of sp³-hybridized carbons (Fsp3) is 0.176. The van der Waals surface area contributed by atoms with Crippen molar-refractivity contribution >= 4 is 34.8 Å². The van der Waals surface area contributed by atoms with Gasteiger partial charge in [-0.25, -0.2) is 4.39 Å². The largest absolute Gasteiger partial charge is 0.495 e. The first-order valence-corrected chi connectivity index (χ1v) is 7.45. The molecule has 0 saturated heterocycles. The van der Waals surface area contributed by atoms with Gasteiger partial charge in [0.15, 0.2) is 0 Å². The Kier molecular flexibility index (Phi) is 5.76. The van der Waals surface area contributed by atoms with E-state index in [1.54, 1.807) is 18.2 Å². The number of hydrogen-bond acceptors (Lipinski definition) is 3. The second-order valence-corrected chi connectivity index (χ2v) is 5.41. The lowest BCUT2D eigenvalue weighted by atomic mass is 10.2. The number of hydrogen-bond donors (Lipinski definition) is 1. The van der Waals surface area contributed by atoms with Crippen LogP contribution in [0.4, 0.5) is 15.8 Å². The lowest BCUT2D eigenvalue weighted by molar-refractivity contribution is -0.120. The molecular formula is C17H16ClFN2O3. The zero-order valence-electron chi connectivity index (χ0n) is 13.2. The second-order valence-electron chi connectivity index (χ2n) is 4.97. The third-order valence-corrected chi connectivity index (χ3v) is 3.49. The van der Waals surface area contributed by atoms with Gasteiger partial charge < -0.3 is 15.0 Å². The van der Waals surface area contributed by atoms with E-state index in [0.29, 0.717) is 22.1 Å². The van der Waals surface area contributed by atoms with E-state index < -0.39 is 11.7 Å². The molecule has 24 heavy (non-hydrogen) atoms. The number of carbonyl (C=O) groups is 2. The van der Waals surface area contributed by atoms with Crippen LogP contribution in [0.1, 0.15) is 6.92 Å². The highest BCUT2D eigenvalue weighted by Gasteiger charge is 2.17. The first kappa shape index (κ1) is 17.7. The molecule has 0 atom stereocenters. The van der Waals surface area contributed by atoms with Gasteiger partial charge in [0.2, 0.25) is 11.8 Å². The van der Waals surface area contributed by atoms with E-state index in [2.05, 4.69) is 5.32 Å². The smallest absolute Gasteiger partial charge is 0.244 e. The summed E-state index contributed by atoms with van der Waals surface area (Å²) in [5, 5.41) is 3.09. The van der Waals surface area contributed by atoms with Crippen LogP contribution in [0.25, 0.3) is 0 Å². The molecule has 5 nitrogen and oxygen atoms in total. The van der Waals surface area contributed by atoms with Crippen molar-refractivity contribution in [3.8, 4) is 5.75 Å². The van der Waals surface area contributed by atoms with E-state index in [9.17, 15) is 14.0 Å². The number of ether oxygens (including phenoxy) is 1. The fourth-order valence-corrected chi connectivity index (χ4v) is 2.29. The minimum Gasteiger partial charge on any atom is -0.495 e. The van der Waals surface area contributed by atoms with Crippen LogP contribution < -0.4 is 15.0 Å². The van der Waals surface area contributed by atoms with Crippen LogP contribution in [0.15, 0.2) is 42.5 Å². The summed E-state index contributed by atoms with van der Waals surface area (Å²) in [6, 6.07) is 10.1. The van der Waals surface area contributed by atoms with Gasteiger partial charge in [-0.3, -0.25) is 9.59 Å². The molecule has 2 aromatic carbocycles. The molecule has 0 fully saturated rings. The van der Waals surface area contributed by atoms with Crippen LogP contribution in [0.5, 0.6) is 5.75 Å². The molecule has 0 bridgehead atoms. The molecule has 0 aliphatic carbocycles. The predicted octanol–water partition coefficient (Wildman–Crippen LogP) is 3.48. The monoisotopic (exact) mass is 350 g/mol. The SMILES string of the molecule is COc1ccc(Cl)cc1NC(=O)CN(C(C)=O)c1ccc(F)cc1. The Morgan fingerprint density at radius 2 is 1.88 bits per heavy atom. The number of methoxy groups -OCH3 is 1. The minimum absolute atomic E-state index is 0.226. The average Bonchev–Trinajstić information content (AvgIpc) is 2.53. The van der Waals surface area contributed by atoms with Crippen LogP contribution in [0.2, 0.25) is 5.02 Å². The van der Waals surface area contributed by atoms with Crippen LogP contribution in [0.3, 0.4) is 0 Å². The molecule has 0 aliphatic heterocycles. The number of anilines is 2. The highest BCUT2D eigenvalue weighted by Crippen LogP contribution is 2.27. The van der Waals surface area contributed by atoms with Crippen LogP contribution >= 0.6 is 11.6 Å². The van der Waals surface area contributed by atoms with Crippen molar-refractivity contribution in [2.45, 2.75) is 6.92 Å². The number of carbonyl (C=O) groups excluding carboxylic acids is 2. The van der Waals surface area contributed by atoms with Crippen molar-refractivity contribution in [3.05, 3.63) is 53.3 Å². The highest BCUT2D eigenvalue weighted by molar-refractivity contribution is 6.31. The number of rotatable bonds is 5. The van der Waals surface area contributed by atoms with Crippen molar-refractivity contribution in [1.82, 2.24) is 0 Å². The number of benzene rings is 2. The van der Waals surface area contributed by atoms with Gasteiger partial charge in [0.05, 0.1) is 12.8 Å². The van der Waals surface area contributed by atoms with Crippen LogP contribution in [0, 0.1) is 5.82 Å². The first-order valence-electron chi connectivity index (χ1n) is 7.07. The molecule has 0 aromatic heterocycles. The average molecular weight is 351 g/mol. The van der Waals surface area contributed by atoms with E-state index in [4.69, 9.17) is 16.3 Å². The molecule has 0 aliphatic rings. The molecule has 2 rings (SSSR count). The van der Waals surface area contributed by atoms with Gasteiger partial charge >= 0.3 is 0 Å². The Hall–Kier alpha value is -2.60. The standard InChI is InChI=1S/C17H16ClFN2O3/c1-11(22)21(14-6-4-13(19)5-7-14)10-17(23)20-15-9-12(18)3-8-16(15)24-2/h3-9H,10H2,1-2H3,(H,20,23). The zero-order chi connectivity index (χ0) is 17.7. The van der Waals surface area contributed by atoms with Gasteiger partial charge in [-0.05, 0) is 42.5 Å². The highest BCUT2D eigenvalue weighted by atomic mass is 35.5. The van der Waals surface area contributed by atoms with Crippen molar-refractivity contribution in [1.29, 1.82) is 0 Å². The van der Waals surface area contributed by atoms with Crippen molar-refractivity contribution in [3.63, 3.8) is 0 Å². The van der Waals surface area contributed by atoms with E-state index in [0.717, 1.165) is 0 Å². The topological polar surface area (TPSA) is 58.6 Å². The van der Waals surface area contributed by atoms with Crippen molar-refractivity contribution in [2.75, 3.05) is 23.9 Å². The Morgan fingerprint density at radius 1 is 1.21 bits per heavy atom. The molecule has 2 amide bonds. The molecule has 7 heteroatoms. The van der Waals surface area contributed by atoms with Gasteiger partial charge in [-0.2, -0.15) is 0 Å². The zero-order valence-corrected chi connectivity index (χ0v) is 13.9. The van der Waals surface area contributed by atoms with E-state index >= 15 is 0 Å². The lowest BCUT2D eigenvalue weighted by Crippen LogP contribution is -2.36. The number of halogens is 2. The van der Waals surface area contributed by atoms with E-state index in [1.165, 1.54) is 43.2 Å². The summed E-state index contributed by atoms with van der Waals surface area (Å²) in [7, 11) is 1.47. The second kappa shape index (κ2) is 7.79. The van der Waals surface area contributed by atoms with Crippen LogP contribution in [-0.4, -0.2) is 25.5 Å². The maximum Gasteiger partial charge on any atom is 0.244 e. The summed E-state index contributed by atoms with van der Waals surface area (Å²) in [5.41, 5.74) is 0.828. The summed E-state index contributed by atoms with van der Waals surface area (Å²) in [4.78, 5) is 25.3. The Balaban J connectivity index is 2.16. The summed E-state index contributed by atoms with van der Waals surface area (Å²) in [5.74, 6) is -0.746. The molecule has 126 valence electrons. The van der Waals surface area contributed by atoms with Gasteiger partial charge in [0, 0.05) is 17.6 Å². The van der Waals surface area contributed by atoms with Crippen molar-refractivity contribution in [2.24, 2.45) is 0 Å². The number of nitrogens with zero attached hydrogens (tertiary/aromatic N) is 1. The molecule has 0 unspecified atom stereocenters. The minimum atomic E-state index is -0.435. The van der Waals surface area contributed by atoms with Crippen LogP contribution in [-0.2, 0) is 9.59 Å². The quantitative estimate of drug-likeness (QED) is 0.898. The molecular weight excluding hydrogens is 335 g/mol. The normalized spacial score (nSPS) is 10.2. The molecule has 1 N–H and O–H groups in total. The first-order chi connectivity index (χ1) is 11.4. The van der Waals surface area contributed by atoms with Crippen molar-refractivity contribution < 1.29 is 18.7 Å². The molecule has 0 heterocycles. The molecule has 0 radical (unpaired) electrons. The maximum absolute atomic E-state index is 13.0. The van der Waals surface area contributed by atoms with E-state index in [-0.39, 0.29) is 12.5 Å². The third kappa shape index (κ3) is 4.45. The summed E-state index contributed by atoms with van der Waals surface area (Å²) in [6.07, 6.45) is 0. The Labute approximate surface area is 144 Å². The number of nitrogens with one attached hydrogen (secondary N) is 1. The van der Waals surface area contributed by atoms with Gasteiger partial charge in [0.25, 0.3) is 0 Å². The van der Waals surface area contributed by atoms with Gasteiger partial charge in [0.1, 0.15) is 18.1 Å². The van der Waals surface area contributed by atoms with E-state index in [1.807, 2.05) is 0 Å². The molecule has 2 aromatic rings. The third-order valence-electron chi connectivity index (χ3n) is 3.26.